The molecule has 0 spiro atoms. The summed E-state index contributed by atoms with van der Waals surface area (Å²) in [7, 11) is 0. The maximum Gasteiger partial charge on any atom is 0.573 e. The first-order valence-corrected chi connectivity index (χ1v) is 6.96. The van der Waals surface area contributed by atoms with Crippen molar-refractivity contribution in [1.82, 2.24) is 10.2 Å². The van der Waals surface area contributed by atoms with E-state index in [2.05, 4.69) is 10.1 Å². The SMILES string of the molecule is Cl.FCC[C@H](c1ccc(OC(F)(F)F)c(F)c1)N1CCNCC1. The van der Waals surface area contributed by atoms with E-state index in [1.807, 2.05) is 4.90 Å². The van der Waals surface area contributed by atoms with Crippen LogP contribution in [-0.2, 0) is 0 Å². The summed E-state index contributed by atoms with van der Waals surface area (Å²) in [6.45, 7) is 2.23. The molecule has 1 N–H and O–H groups in total. The van der Waals surface area contributed by atoms with Crippen molar-refractivity contribution in [2.75, 3.05) is 32.9 Å². The molecule has 0 bridgehead atoms. The summed E-state index contributed by atoms with van der Waals surface area (Å²) >= 11 is 0. The number of nitrogens with zero attached hydrogens (tertiary/aromatic N) is 1. The largest absolute Gasteiger partial charge is 0.573 e. The van der Waals surface area contributed by atoms with Crippen molar-refractivity contribution < 1.29 is 26.7 Å². The summed E-state index contributed by atoms with van der Waals surface area (Å²) in [6, 6.07) is 2.92. The number of benzene rings is 1. The van der Waals surface area contributed by atoms with Crippen LogP contribution < -0.4 is 10.1 Å². The van der Waals surface area contributed by atoms with Gasteiger partial charge in [0.2, 0.25) is 0 Å². The zero-order chi connectivity index (χ0) is 16.2. The fourth-order valence-corrected chi connectivity index (χ4v) is 2.59. The van der Waals surface area contributed by atoms with Gasteiger partial charge in [-0.05, 0) is 24.1 Å². The Bertz CT molecular complexity index is 495. The lowest BCUT2D eigenvalue weighted by molar-refractivity contribution is -0.275. The second-order valence-corrected chi connectivity index (χ2v) is 5.02. The molecule has 1 aliphatic rings. The van der Waals surface area contributed by atoms with Gasteiger partial charge in [0, 0.05) is 32.2 Å². The highest BCUT2D eigenvalue weighted by Gasteiger charge is 2.32. The Morgan fingerprint density at radius 3 is 2.39 bits per heavy atom. The van der Waals surface area contributed by atoms with Crippen LogP contribution in [-0.4, -0.2) is 44.1 Å². The highest BCUT2D eigenvalue weighted by molar-refractivity contribution is 5.85. The maximum atomic E-state index is 13.8. The topological polar surface area (TPSA) is 24.5 Å². The van der Waals surface area contributed by atoms with E-state index >= 15 is 0 Å². The van der Waals surface area contributed by atoms with Gasteiger partial charge in [-0.2, -0.15) is 0 Å². The lowest BCUT2D eigenvalue weighted by Gasteiger charge is -2.35. The first-order chi connectivity index (χ1) is 10.4. The molecule has 1 saturated heterocycles. The zero-order valence-corrected chi connectivity index (χ0v) is 13.0. The third-order valence-electron chi connectivity index (χ3n) is 3.54. The summed E-state index contributed by atoms with van der Waals surface area (Å²) < 4.78 is 66.6. The Labute approximate surface area is 137 Å². The van der Waals surface area contributed by atoms with Gasteiger partial charge in [0.05, 0.1) is 6.67 Å². The predicted octanol–water partition coefficient (Wildman–Crippen LogP) is 3.45. The molecule has 132 valence electrons. The first kappa shape index (κ1) is 19.9. The highest BCUT2D eigenvalue weighted by atomic mass is 35.5. The standard InChI is InChI=1S/C14H17F5N2O.ClH/c15-4-3-12(21-7-5-20-6-8-21)10-1-2-13(11(16)9-10)22-14(17,18)19;/h1-2,9,12,20H,3-8H2;1H/t12-;/m1./s1. The molecule has 0 saturated carbocycles. The number of alkyl halides is 4. The zero-order valence-electron chi connectivity index (χ0n) is 12.2. The minimum atomic E-state index is -4.95. The predicted molar refractivity (Wildman–Crippen MR) is 78.1 cm³/mol. The van der Waals surface area contributed by atoms with Crippen LogP contribution in [0.25, 0.3) is 0 Å². The van der Waals surface area contributed by atoms with Crippen molar-refractivity contribution >= 4 is 12.4 Å². The summed E-state index contributed by atoms with van der Waals surface area (Å²) in [6.07, 6.45) is -4.78. The molecule has 0 aliphatic carbocycles. The molecular formula is C14H18ClF5N2O. The van der Waals surface area contributed by atoms with E-state index in [0.717, 1.165) is 25.2 Å². The molecule has 1 aliphatic heterocycles. The molecule has 0 unspecified atom stereocenters. The van der Waals surface area contributed by atoms with E-state index in [1.54, 1.807) is 0 Å². The molecule has 0 amide bonds. The van der Waals surface area contributed by atoms with Gasteiger partial charge in [0.1, 0.15) is 0 Å². The number of piperazine rings is 1. The van der Waals surface area contributed by atoms with Crippen molar-refractivity contribution in [2.24, 2.45) is 0 Å². The van der Waals surface area contributed by atoms with Crippen molar-refractivity contribution in [3.8, 4) is 5.75 Å². The Morgan fingerprint density at radius 2 is 1.87 bits per heavy atom. The summed E-state index contributed by atoms with van der Waals surface area (Å²) in [5.74, 6) is -1.98. The van der Waals surface area contributed by atoms with Crippen LogP contribution in [0.15, 0.2) is 18.2 Å². The van der Waals surface area contributed by atoms with Crippen LogP contribution in [0.3, 0.4) is 0 Å². The third-order valence-corrected chi connectivity index (χ3v) is 3.54. The lowest BCUT2D eigenvalue weighted by atomic mass is 10.0. The van der Waals surface area contributed by atoms with Crippen LogP contribution in [0.2, 0.25) is 0 Å². The molecule has 1 atom stereocenters. The molecule has 9 heteroatoms. The van der Waals surface area contributed by atoms with Crippen molar-refractivity contribution in [3.63, 3.8) is 0 Å². The average Bonchev–Trinajstić information content (AvgIpc) is 2.47. The molecular weight excluding hydrogens is 343 g/mol. The van der Waals surface area contributed by atoms with Gasteiger partial charge in [-0.25, -0.2) is 4.39 Å². The van der Waals surface area contributed by atoms with Crippen LogP contribution in [0.1, 0.15) is 18.0 Å². The molecule has 0 aromatic heterocycles. The number of rotatable bonds is 5. The van der Waals surface area contributed by atoms with E-state index in [-0.39, 0.29) is 24.9 Å². The molecule has 1 aromatic carbocycles. The quantitative estimate of drug-likeness (QED) is 0.814. The highest BCUT2D eigenvalue weighted by Crippen LogP contribution is 2.31. The van der Waals surface area contributed by atoms with Gasteiger partial charge in [-0.1, -0.05) is 6.07 Å². The first-order valence-electron chi connectivity index (χ1n) is 6.96. The number of hydrogen-bond acceptors (Lipinski definition) is 3. The Balaban J connectivity index is 0.00000264. The van der Waals surface area contributed by atoms with Gasteiger partial charge in [-0.15, -0.1) is 25.6 Å². The second-order valence-electron chi connectivity index (χ2n) is 5.02. The third kappa shape index (κ3) is 5.78. The number of ether oxygens (including phenoxy) is 1. The maximum absolute atomic E-state index is 13.8. The monoisotopic (exact) mass is 360 g/mol. The molecule has 1 fully saturated rings. The molecule has 3 nitrogen and oxygen atoms in total. The fraction of sp³-hybridized carbons (Fsp3) is 0.571. The molecule has 0 radical (unpaired) electrons. The van der Waals surface area contributed by atoms with Crippen molar-refractivity contribution in [1.29, 1.82) is 0 Å². The fourth-order valence-electron chi connectivity index (χ4n) is 2.59. The van der Waals surface area contributed by atoms with E-state index in [9.17, 15) is 22.0 Å². The lowest BCUT2D eigenvalue weighted by Crippen LogP contribution is -2.45. The summed E-state index contributed by atoms with van der Waals surface area (Å²) in [5.41, 5.74) is 0.451. The molecule has 2 rings (SSSR count). The molecule has 1 heterocycles. The average molecular weight is 361 g/mol. The minimum absolute atomic E-state index is 0. The van der Waals surface area contributed by atoms with Gasteiger partial charge in [0.25, 0.3) is 0 Å². The molecule has 1 aromatic rings. The van der Waals surface area contributed by atoms with Gasteiger partial charge >= 0.3 is 6.36 Å². The summed E-state index contributed by atoms with van der Waals surface area (Å²) in [4.78, 5) is 2.00. The minimum Gasteiger partial charge on any atom is -0.403 e. The van der Waals surface area contributed by atoms with Crippen molar-refractivity contribution in [2.45, 2.75) is 18.8 Å². The number of halogens is 6. The molecule has 23 heavy (non-hydrogen) atoms. The van der Waals surface area contributed by atoms with E-state index in [1.165, 1.54) is 6.07 Å². The van der Waals surface area contributed by atoms with Gasteiger partial charge in [0.15, 0.2) is 11.6 Å². The van der Waals surface area contributed by atoms with Crippen LogP contribution >= 0.6 is 12.4 Å². The normalized spacial score (nSPS) is 17.4. The van der Waals surface area contributed by atoms with Crippen molar-refractivity contribution in [3.05, 3.63) is 29.6 Å². The van der Waals surface area contributed by atoms with E-state index < -0.39 is 24.6 Å². The van der Waals surface area contributed by atoms with Gasteiger partial charge < -0.3 is 10.1 Å². The Morgan fingerprint density at radius 1 is 1.22 bits per heavy atom. The van der Waals surface area contributed by atoms with Gasteiger partial charge in [-0.3, -0.25) is 9.29 Å². The Kier molecular flexibility index (Phi) is 7.50. The van der Waals surface area contributed by atoms with E-state index in [4.69, 9.17) is 0 Å². The van der Waals surface area contributed by atoms with E-state index in [0.29, 0.717) is 18.7 Å². The number of nitrogens with one attached hydrogen (secondary N) is 1. The smallest absolute Gasteiger partial charge is 0.403 e. The Hall–Kier alpha value is -1.12. The number of hydrogen-bond donors (Lipinski definition) is 1. The van der Waals surface area contributed by atoms with Crippen LogP contribution in [0.5, 0.6) is 5.75 Å². The second kappa shape index (κ2) is 8.65. The summed E-state index contributed by atoms with van der Waals surface area (Å²) in [5, 5.41) is 3.15. The van der Waals surface area contributed by atoms with Crippen LogP contribution in [0, 0.1) is 5.82 Å². The van der Waals surface area contributed by atoms with Crippen LogP contribution in [0.4, 0.5) is 22.0 Å².